The molecule has 0 amide bonds. The predicted molar refractivity (Wildman–Crippen MR) is 44.1 cm³/mol. The van der Waals surface area contributed by atoms with Crippen LogP contribution < -0.4 is 5.73 Å². The molecule has 0 saturated carbocycles. The molecule has 0 saturated heterocycles. The second-order valence-corrected chi connectivity index (χ2v) is 2.94. The molecule has 0 fully saturated rings. The maximum Gasteiger partial charge on any atom is 0.135 e. The number of hydrogen-bond acceptors (Lipinski definition) is 3. The van der Waals surface area contributed by atoms with E-state index in [4.69, 9.17) is 5.73 Å². The van der Waals surface area contributed by atoms with Gasteiger partial charge in [0.25, 0.3) is 0 Å². The molecule has 56 valence electrons. The first-order chi connectivity index (χ1) is 4.66. The lowest BCUT2D eigenvalue weighted by Crippen LogP contribution is -1.97. The largest absolute Gasteiger partial charge is 0.383 e. The van der Waals surface area contributed by atoms with Gasteiger partial charge in [0, 0.05) is 7.05 Å². The molecule has 0 spiro atoms. The lowest BCUT2D eigenvalue weighted by atomic mass is 10.5. The molecule has 0 aromatic carbocycles. The molecule has 0 aliphatic rings. The highest BCUT2D eigenvalue weighted by Crippen LogP contribution is 2.24. The fraction of sp³-hybridized carbons (Fsp3) is 0.500. The maximum atomic E-state index is 5.69. The average molecular weight is 157 g/mol. The molecule has 4 heteroatoms. The first-order valence-corrected chi connectivity index (χ1v) is 4.22. The molecule has 0 bridgehead atoms. The van der Waals surface area contributed by atoms with Crippen molar-refractivity contribution >= 4 is 17.6 Å². The number of nitrogens with two attached hydrogens (primary N) is 1. The molecular weight excluding hydrogens is 146 g/mol. The van der Waals surface area contributed by atoms with Crippen LogP contribution in [0.15, 0.2) is 4.90 Å². The number of nitrogens with zero attached hydrogens (tertiary/aromatic N) is 2. The topological polar surface area (TPSA) is 43.8 Å². The molecule has 1 aromatic rings. The maximum absolute atomic E-state index is 5.69. The van der Waals surface area contributed by atoms with Crippen molar-refractivity contribution in [3.63, 3.8) is 0 Å². The highest BCUT2D eigenvalue weighted by atomic mass is 32.2. The lowest BCUT2D eigenvalue weighted by Gasteiger charge is -1.94. The van der Waals surface area contributed by atoms with Crippen LogP contribution in [0.3, 0.4) is 0 Å². The summed E-state index contributed by atoms with van der Waals surface area (Å²) in [5.41, 5.74) is 6.70. The predicted octanol–water partition coefficient (Wildman–Crippen LogP) is 1.03. The standard InChI is InChI=1S/C6H11N3S/c1-4-5(10-3)6(7)9(2)8-4/h7H2,1-3H3. The number of rotatable bonds is 1. The normalized spacial score (nSPS) is 10.3. The number of anilines is 1. The zero-order valence-electron chi connectivity index (χ0n) is 6.38. The van der Waals surface area contributed by atoms with Crippen LogP contribution in [0.5, 0.6) is 0 Å². The van der Waals surface area contributed by atoms with Crippen molar-refractivity contribution in [1.29, 1.82) is 0 Å². The minimum atomic E-state index is 0.755. The molecule has 0 aliphatic carbocycles. The summed E-state index contributed by atoms with van der Waals surface area (Å²) in [4.78, 5) is 1.09. The van der Waals surface area contributed by atoms with Gasteiger partial charge in [-0.25, -0.2) is 0 Å². The van der Waals surface area contributed by atoms with Crippen LogP contribution in [0.1, 0.15) is 5.69 Å². The Bertz CT molecular complexity index is 241. The first-order valence-electron chi connectivity index (χ1n) is 3.00. The summed E-state index contributed by atoms with van der Waals surface area (Å²) < 4.78 is 1.70. The summed E-state index contributed by atoms with van der Waals surface area (Å²) in [5.74, 6) is 0.755. The summed E-state index contributed by atoms with van der Waals surface area (Å²) >= 11 is 1.63. The Balaban J connectivity index is 3.20. The molecule has 0 aliphatic heterocycles. The van der Waals surface area contributed by atoms with E-state index in [-0.39, 0.29) is 0 Å². The summed E-state index contributed by atoms with van der Waals surface area (Å²) in [6.07, 6.45) is 2.00. The minimum absolute atomic E-state index is 0.755. The Kier molecular flexibility index (Phi) is 1.89. The molecule has 3 nitrogen and oxygen atoms in total. The van der Waals surface area contributed by atoms with Crippen LogP contribution in [-0.2, 0) is 7.05 Å². The Labute approximate surface area is 64.6 Å². The van der Waals surface area contributed by atoms with E-state index in [1.54, 1.807) is 16.4 Å². The Morgan fingerprint density at radius 2 is 2.20 bits per heavy atom. The second-order valence-electron chi connectivity index (χ2n) is 2.13. The van der Waals surface area contributed by atoms with Crippen molar-refractivity contribution in [1.82, 2.24) is 9.78 Å². The lowest BCUT2D eigenvalue weighted by molar-refractivity contribution is 0.767. The average Bonchev–Trinajstić information content (AvgIpc) is 2.09. The highest BCUT2D eigenvalue weighted by molar-refractivity contribution is 7.98. The van der Waals surface area contributed by atoms with Gasteiger partial charge in [0.1, 0.15) is 5.82 Å². The van der Waals surface area contributed by atoms with Crippen LogP contribution in [-0.4, -0.2) is 16.0 Å². The van der Waals surface area contributed by atoms with Crippen molar-refractivity contribution in [3.05, 3.63) is 5.69 Å². The van der Waals surface area contributed by atoms with E-state index in [1.165, 1.54) is 0 Å². The van der Waals surface area contributed by atoms with E-state index < -0.39 is 0 Å². The number of thioether (sulfide) groups is 1. The molecule has 0 unspecified atom stereocenters. The van der Waals surface area contributed by atoms with Gasteiger partial charge in [0.2, 0.25) is 0 Å². The molecule has 2 N–H and O–H groups in total. The highest BCUT2D eigenvalue weighted by Gasteiger charge is 2.07. The third-order valence-electron chi connectivity index (χ3n) is 1.41. The Hall–Kier alpha value is -0.640. The van der Waals surface area contributed by atoms with Crippen LogP contribution in [0.2, 0.25) is 0 Å². The van der Waals surface area contributed by atoms with E-state index in [1.807, 2.05) is 20.2 Å². The van der Waals surface area contributed by atoms with E-state index in [0.717, 1.165) is 16.4 Å². The van der Waals surface area contributed by atoms with Crippen LogP contribution in [0, 0.1) is 6.92 Å². The third kappa shape index (κ3) is 0.988. The van der Waals surface area contributed by atoms with E-state index in [2.05, 4.69) is 5.10 Å². The smallest absolute Gasteiger partial charge is 0.135 e. The fourth-order valence-electron chi connectivity index (χ4n) is 0.909. The van der Waals surface area contributed by atoms with Crippen molar-refractivity contribution in [2.75, 3.05) is 12.0 Å². The van der Waals surface area contributed by atoms with Crippen molar-refractivity contribution < 1.29 is 0 Å². The summed E-state index contributed by atoms with van der Waals surface area (Å²) in [6, 6.07) is 0. The van der Waals surface area contributed by atoms with Crippen LogP contribution >= 0.6 is 11.8 Å². The van der Waals surface area contributed by atoms with Gasteiger partial charge in [-0.2, -0.15) is 5.10 Å². The molecule has 1 heterocycles. The summed E-state index contributed by atoms with van der Waals surface area (Å²) in [5, 5.41) is 4.15. The Morgan fingerprint density at radius 3 is 2.40 bits per heavy atom. The molecule has 1 aromatic heterocycles. The SMILES string of the molecule is CSc1c(C)nn(C)c1N. The van der Waals surface area contributed by atoms with Crippen LogP contribution in [0.4, 0.5) is 5.82 Å². The van der Waals surface area contributed by atoms with Gasteiger partial charge >= 0.3 is 0 Å². The minimum Gasteiger partial charge on any atom is -0.383 e. The molecule has 10 heavy (non-hydrogen) atoms. The zero-order chi connectivity index (χ0) is 7.72. The second kappa shape index (κ2) is 2.54. The van der Waals surface area contributed by atoms with Gasteiger partial charge in [0.15, 0.2) is 0 Å². The molecule has 0 atom stereocenters. The van der Waals surface area contributed by atoms with Gasteiger partial charge in [-0.1, -0.05) is 0 Å². The zero-order valence-corrected chi connectivity index (χ0v) is 7.20. The molecule has 0 radical (unpaired) electrons. The van der Waals surface area contributed by atoms with Crippen LogP contribution in [0.25, 0.3) is 0 Å². The fourth-order valence-corrected chi connectivity index (χ4v) is 1.59. The van der Waals surface area contributed by atoms with Crippen molar-refractivity contribution in [2.24, 2.45) is 7.05 Å². The Morgan fingerprint density at radius 1 is 1.60 bits per heavy atom. The van der Waals surface area contributed by atoms with E-state index in [0.29, 0.717) is 0 Å². The monoisotopic (exact) mass is 157 g/mol. The molecule has 1 rings (SSSR count). The number of aryl methyl sites for hydroxylation is 2. The van der Waals surface area contributed by atoms with Gasteiger partial charge in [-0.15, -0.1) is 11.8 Å². The summed E-state index contributed by atoms with van der Waals surface area (Å²) in [6.45, 7) is 1.96. The summed E-state index contributed by atoms with van der Waals surface area (Å²) in [7, 11) is 1.85. The molecular formula is C6H11N3S. The number of hydrogen-bond donors (Lipinski definition) is 1. The van der Waals surface area contributed by atoms with Gasteiger partial charge in [0.05, 0.1) is 10.6 Å². The third-order valence-corrected chi connectivity index (χ3v) is 2.33. The van der Waals surface area contributed by atoms with Crippen molar-refractivity contribution in [2.45, 2.75) is 11.8 Å². The van der Waals surface area contributed by atoms with Crippen molar-refractivity contribution in [3.8, 4) is 0 Å². The number of aromatic nitrogens is 2. The number of nitrogen functional groups attached to an aromatic ring is 1. The van der Waals surface area contributed by atoms with Gasteiger partial charge in [-0.3, -0.25) is 4.68 Å². The van der Waals surface area contributed by atoms with E-state index in [9.17, 15) is 0 Å². The first kappa shape index (κ1) is 7.47. The quantitative estimate of drug-likeness (QED) is 0.619. The van der Waals surface area contributed by atoms with E-state index >= 15 is 0 Å². The van der Waals surface area contributed by atoms with Gasteiger partial charge < -0.3 is 5.73 Å². The van der Waals surface area contributed by atoms with Gasteiger partial charge in [-0.05, 0) is 13.2 Å².